The molecule has 0 aromatic carbocycles. The Labute approximate surface area is 108 Å². The van der Waals surface area contributed by atoms with Gasteiger partial charge in [0.25, 0.3) is 0 Å². The Hall–Kier alpha value is -0.0400. The fourth-order valence-corrected chi connectivity index (χ4v) is 3.84. The smallest absolute Gasteiger partial charge is 0.00954 e. The highest BCUT2D eigenvalue weighted by atomic mass is 15.0. The second-order valence-corrected chi connectivity index (χ2v) is 6.71. The monoisotopic (exact) mass is 237 g/mol. The van der Waals surface area contributed by atoms with Crippen LogP contribution in [-0.2, 0) is 0 Å². The molecule has 2 fully saturated rings. The maximum atomic E-state index is 4.00. The van der Waals surface area contributed by atoms with E-state index < -0.39 is 0 Å². The zero-order valence-corrected chi connectivity index (χ0v) is 11.9. The third-order valence-corrected chi connectivity index (χ3v) is 4.99. The maximum absolute atomic E-state index is 4.00. The van der Waals surface area contributed by atoms with Crippen molar-refractivity contribution in [3.05, 3.63) is 0 Å². The lowest BCUT2D eigenvalue weighted by molar-refractivity contribution is 0.203. The van der Waals surface area contributed by atoms with Crippen molar-refractivity contribution >= 4 is 0 Å². The number of rotatable bonds is 2. The second kappa shape index (κ2) is 6.78. The average molecular weight is 237 g/mol. The van der Waals surface area contributed by atoms with Crippen LogP contribution in [0.4, 0.5) is 0 Å². The Morgan fingerprint density at radius 1 is 0.765 bits per heavy atom. The van der Waals surface area contributed by atoms with Crippen LogP contribution in [0.3, 0.4) is 0 Å². The van der Waals surface area contributed by atoms with Crippen LogP contribution in [0.5, 0.6) is 0 Å². The predicted octanol–water partition coefficient (Wildman–Crippen LogP) is 4.51. The third-order valence-electron chi connectivity index (χ3n) is 4.99. The molecular formula is C16H31N. The molecule has 0 aromatic heterocycles. The Balaban J connectivity index is 1.78. The summed E-state index contributed by atoms with van der Waals surface area (Å²) in [6.45, 7) is 4.87. The first-order valence-electron chi connectivity index (χ1n) is 8.01. The third kappa shape index (κ3) is 4.28. The molecule has 2 rings (SSSR count). The van der Waals surface area contributed by atoms with Crippen molar-refractivity contribution < 1.29 is 0 Å². The van der Waals surface area contributed by atoms with Crippen LogP contribution in [0.15, 0.2) is 0 Å². The SMILES string of the molecule is CC1CCC(NC2CCCCCCC2)C(C)C1. The van der Waals surface area contributed by atoms with Gasteiger partial charge in [-0.3, -0.25) is 0 Å². The van der Waals surface area contributed by atoms with Crippen LogP contribution >= 0.6 is 0 Å². The zero-order valence-electron chi connectivity index (χ0n) is 11.9. The molecule has 3 unspecified atom stereocenters. The van der Waals surface area contributed by atoms with E-state index in [2.05, 4.69) is 19.2 Å². The predicted molar refractivity (Wildman–Crippen MR) is 75.2 cm³/mol. The van der Waals surface area contributed by atoms with Crippen molar-refractivity contribution in [2.75, 3.05) is 0 Å². The normalized spacial score (nSPS) is 37.4. The molecule has 3 atom stereocenters. The van der Waals surface area contributed by atoms with E-state index in [1.54, 1.807) is 0 Å². The molecule has 0 radical (unpaired) electrons. The van der Waals surface area contributed by atoms with Crippen molar-refractivity contribution in [3.63, 3.8) is 0 Å². The molecular weight excluding hydrogens is 206 g/mol. The molecule has 0 heterocycles. The largest absolute Gasteiger partial charge is 0.311 e. The topological polar surface area (TPSA) is 12.0 Å². The first kappa shape index (κ1) is 13.4. The number of nitrogens with one attached hydrogen (secondary N) is 1. The van der Waals surface area contributed by atoms with Crippen molar-refractivity contribution in [3.8, 4) is 0 Å². The lowest BCUT2D eigenvalue weighted by Gasteiger charge is -2.36. The molecule has 0 aromatic rings. The van der Waals surface area contributed by atoms with Gasteiger partial charge in [-0.15, -0.1) is 0 Å². The van der Waals surface area contributed by atoms with Gasteiger partial charge in [-0.1, -0.05) is 46.0 Å². The van der Waals surface area contributed by atoms with Gasteiger partial charge in [0.1, 0.15) is 0 Å². The summed E-state index contributed by atoms with van der Waals surface area (Å²) >= 11 is 0. The van der Waals surface area contributed by atoms with Crippen LogP contribution in [0.25, 0.3) is 0 Å². The lowest BCUT2D eigenvalue weighted by atomic mass is 9.79. The van der Waals surface area contributed by atoms with Gasteiger partial charge < -0.3 is 5.32 Å². The van der Waals surface area contributed by atoms with Crippen molar-refractivity contribution in [2.45, 2.75) is 90.1 Å². The molecule has 0 amide bonds. The summed E-state index contributed by atoms with van der Waals surface area (Å²) in [4.78, 5) is 0. The lowest BCUT2D eigenvalue weighted by Crippen LogP contribution is -2.44. The molecule has 17 heavy (non-hydrogen) atoms. The second-order valence-electron chi connectivity index (χ2n) is 6.71. The van der Waals surface area contributed by atoms with Gasteiger partial charge in [-0.05, 0) is 43.9 Å². The van der Waals surface area contributed by atoms with Crippen molar-refractivity contribution in [1.82, 2.24) is 5.32 Å². The molecule has 0 spiro atoms. The summed E-state index contributed by atoms with van der Waals surface area (Å²) in [5, 5.41) is 4.00. The molecule has 0 bridgehead atoms. The highest BCUT2D eigenvalue weighted by Gasteiger charge is 2.26. The molecule has 0 saturated heterocycles. The van der Waals surface area contributed by atoms with Gasteiger partial charge in [0.15, 0.2) is 0 Å². The first-order valence-corrected chi connectivity index (χ1v) is 8.01. The summed E-state index contributed by atoms with van der Waals surface area (Å²) < 4.78 is 0. The van der Waals surface area contributed by atoms with E-state index in [0.29, 0.717) is 0 Å². The molecule has 1 nitrogen and oxygen atoms in total. The average Bonchev–Trinajstić information content (AvgIpc) is 2.25. The van der Waals surface area contributed by atoms with Gasteiger partial charge in [0.05, 0.1) is 0 Å². The summed E-state index contributed by atoms with van der Waals surface area (Å²) in [6, 6.07) is 1.65. The van der Waals surface area contributed by atoms with Gasteiger partial charge in [0.2, 0.25) is 0 Å². The van der Waals surface area contributed by atoms with E-state index >= 15 is 0 Å². The van der Waals surface area contributed by atoms with Gasteiger partial charge >= 0.3 is 0 Å². The fourth-order valence-electron chi connectivity index (χ4n) is 3.84. The van der Waals surface area contributed by atoms with E-state index in [1.165, 1.54) is 64.2 Å². The summed E-state index contributed by atoms with van der Waals surface area (Å²) in [5.41, 5.74) is 0. The number of hydrogen-bond donors (Lipinski definition) is 1. The summed E-state index contributed by atoms with van der Waals surface area (Å²) in [5.74, 6) is 1.85. The molecule has 1 N–H and O–H groups in total. The summed E-state index contributed by atoms with van der Waals surface area (Å²) in [6.07, 6.45) is 14.5. The van der Waals surface area contributed by atoms with E-state index in [9.17, 15) is 0 Å². The van der Waals surface area contributed by atoms with E-state index in [0.717, 1.165) is 23.9 Å². The van der Waals surface area contributed by atoms with Crippen LogP contribution < -0.4 is 5.32 Å². The van der Waals surface area contributed by atoms with Gasteiger partial charge in [-0.25, -0.2) is 0 Å². The molecule has 100 valence electrons. The first-order chi connectivity index (χ1) is 8.25. The zero-order chi connectivity index (χ0) is 12.1. The highest BCUT2D eigenvalue weighted by molar-refractivity contribution is 4.84. The van der Waals surface area contributed by atoms with Crippen LogP contribution in [0, 0.1) is 11.8 Å². The van der Waals surface area contributed by atoms with Crippen LogP contribution in [0.2, 0.25) is 0 Å². The van der Waals surface area contributed by atoms with Crippen LogP contribution in [-0.4, -0.2) is 12.1 Å². The fraction of sp³-hybridized carbons (Fsp3) is 1.00. The highest BCUT2D eigenvalue weighted by Crippen LogP contribution is 2.29. The van der Waals surface area contributed by atoms with E-state index in [-0.39, 0.29) is 0 Å². The Kier molecular flexibility index (Phi) is 5.34. The van der Waals surface area contributed by atoms with Crippen molar-refractivity contribution in [1.29, 1.82) is 0 Å². The van der Waals surface area contributed by atoms with E-state index in [1.807, 2.05) is 0 Å². The minimum Gasteiger partial charge on any atom is -0.311 e. The minimum atomic E-state index is 0.815. The number of hydrogen-bond acceptors (Lipinski definition) is 1. The quantitative estimate of drug-likeness (QED) is 0.745. The Morgan fingerprint density at radius 3 is 2.06 bits per heavy atom. The molecule has 2 saturated carbocycles. The van der Waals surface area contributed by atoms with Gasteiger partial charge in [-0.2, -0.15) is 0 Å². The standard InChI is InChI=1S/C16H31N/c1-13-10-11-16(14(2)12-13)17-15-8-6-4-3-5-7-9-15/h13-17H,3-12H2,1-2H3. The molecule has 0 aliphatic heterocycles. The van der Waals surface area contributed by atoms with Crippen LogP contribution in [0.1, 0.15) is 78.1 Å². The van der Waals surface area contributed by atoms with Gasteiger partial charge in [0, 0.05) is 12.1 Å². The summed E-state index contributed by atoms with van der Waals surface area (Å²) in [7, 11) is 0. The molecule has 2 aliphatic carbocycles. The maximum Gasteiger partial charge on any atom is 0.00954 e. The Morgan fingerprint density at radius 2 is 1.41 bits per heavy atom. The van der Waals surface area contributed by atoms with E-state index in [4.69, 9.17) is 0 Å². The molecule has 2 aliphatic rings. The van der Waals surface area contributed by atoms with Crippen molar-refractivity contribution in [2.24, 2.45) is 11.8 Å². The Bertz CT molecular complexity index is 206. The molecule has 1 heteroatoms. The minimum absolute atomic E-state index is 0.815.